The molecule has 1 N–H and O–H groups in total. The first kappa shape index (κ1) is 12.6. The average Bonchev–Trinajstić information content (AvgIpc) is 2.38. The highest BCUT2D eigenvalue weighted by Crippen LogP contribution is 2.13. The average molecular weight is 259 g/mol. The lowest BCUT2D eigenvalue weighted by atomic mass is 10.2. The molecule has 1 amide bonds. The summed E-state index contributed by atoms with van der Waals surface area (Å²) in [5.74, 6) is 0.246. The lowest BCUT2D eigenvalue weighted by Crippen LogP contribution is -2.14. The van der Waals surface area contributed by atoms with Gasteiger partial charge in [-0.25, -0.2) is 9.97 Å². The molecule has 92 valence electrons. The van der Waals surface area contributed by atoms with Crippen molar-refractivity contribution in [1.29, 1.82) is 0 Å². The van der Waals surface area contributed by atoms with E-state index >= 15 is 0 Å². The Morgan fingerprint density at radius 2 is 2.06 bits per heavy atom. The molecule has 0 atom stereocenters. The minimum Gasteiger partial charge on any atom is -0.325 e. The molecule has 0 aliphatic rings. The van der Waals surface area contributed by atoms with Crippen molar-refractivity contribution in [3.8, 4) is 0 Å². The number of carbonyl (C=O) groups is 1. The summed E-state index contributed by atoms with van der Waals surface area (Å²) in [7, 11) is 0. The number of rotatable bonds is 4. The summed E-state index contributed by atoms with van der Waals surface area (Å²) in [5.41, 5.74) is 1.93. The number of amides is 1. The molecule has 18 heavy (non-hydrogen) atoms. The molecule has 0 saturated carbocycles. The molecule has 0 aliphatic carbocycles. The van der Waals surface area contributed by atoms with Gasteiger partial charge < -0.3 is 5.32 Å². The number of hydrogen-bond donors (Lipinski definition) is 1. The van der Waals surface area contributed by atoms with E-state index in [4.69, 9.17) is 0 Å². The fourth-order valence-electron chi connectivity index (χ4n) is 1.41. The molecule has 0 radical (unpaired) electrons. The number of nitrogens with zero attached hydrogens (tertiary/aromatic N) is 2. The number of aromatic nitrogens is 2. The van der Waals surface area contributed by atoms with E-state index in [1.54, 1.807) is 18.5 Å². The molecule has 0 saturated heterocycles. The summed E-state index contributed by atoms with van der Waals surface area (Å²) >= 11 is 1.32. The summed E-state index contributed by atoms with van der Waals surface area (Å²) < 4.78 is 0. The molecule has 4 nitrogen and oxygen atoms in total. The summed E-state index contributed by atoms with van der Waals surface area (Å²) in [6, 6.07) is 9.45. The number of benzene rings is 1. The molecular formula is C13H13N3OS. The van der Waals surface area contributed by atoms with Crippen molar-refractivity contribution in [2.45, 2.75) is 12.1 Å². The Bertz CT molecular complexity index is 531. The second-order valence-electron chi connectivity index (χ2n) is 3.74. The SMILES string of the molecule is Cc1cccc(NC(=O)CSc2ncccn2)c1. The first-order valence-electron chi connectivity index (χ1n) is 5.50. The zero-order valence-electron chi connectivity index (χ0n) is 9.96. The molecule has 0 bridgehead atoms. The summed E-state index contributed by atoms with van der Waals surface area (Å²) in [6.07, 6.45) is 3.32. The van der Waals surface area contributed by atoms with E-state index < -0.39 is 0 Å². The Kier molecular flexibility index (Phi) is 4.30. The number of thioether (sulfide) groups is 1. The fraction of sp³-hybridized carbons (Fsp3) is 0.154. The third-order valence-corrected chi connectivity index (χ3v) is 3.05. The Balaban J connectivity index is 1.86. The first-order valence-corrected chi connectivity index (χ1v) is 6.49. The smallest absolute Gasteiger partial charge is 0.234 e. The quantitative estimate of drug-likeness (QED) is 0.677. The van der Waals surface area contributed by atoms with Crippen LogP contribution < -0.4 is 5.32 Å². The van der Waals surface area contributed by atoms with Gasteiger partial charge in [0, 0.05) is 18.1 Å². The number of anilines is 1. The number of aryl methyl sites for hydroxylation is 1. The van der Waals surface area contributed by atoms with Gasteiger partial charge in [-0.2, -0.15) is 0 Å². The van der Waals surface area contributed by atoms with Crippen LogP contribution in [-0.2, 0) is 4.79 Å². The molecule has 0 unspecified atom stereocenters. The molecule has 0 spiro atoms. The maximum Gasteiger partial charge on any atom is 0.234 e. The van der Waals surface area contributed by atoms with E-state index in [-0.39, 0.29) is 5.91 Å². The molecule has 5 heteroatoms. The van der Waals surface area contributed by atoms with Crippen LogP contribution in [0.2, 0.25) is 0 Å². The highest BCUT2D eigenvalue weighted by Gasteiger charge is 2.04. The normalized spacial score (nSPS) is 10.1. The number of carbonyl (C=O) groups excluding carboxylic acids is 1. The monoisotopic (exact) mass is 259 g/mol. The zero-order chi connectivity index (χ0) is 12.8. The maximum absolute atomic E-state index is 11.7. The maximum atomic E-state index is 11.7. The Labute approximate surface area is 110 Å². The molecule has 0 aliphatic heterocycles. The van der Waals surface area contributed by atoms with Gasteiger partial charge in [0.25, 0.3) is 0 Å². The van der Waals surface area contributed by atoms with E-state index in [1.807, 2.05) is 31.2 Å². The minimum atomic E-state index is -0.0574. The molecule has 0 fully saturated rings. The van der Waals surface area contributed by atoms with Crippen LogP contribution in [0, 0.1) is 6.92 Å². The predicted octanol–water partition coefficient (Wildman–Crippen LogP) is 2.52. The molecule has 1 aromatic heterocycles. The summed E-state index contributed by atoms with van der Waals surface area (Å²) in [5, 5.41) is 3.45. The van der Waals surface area contributed by atoms with E-state index in [9.17, 15) is 4.79 Å². The largest absolute Gasteiger partial charge is 0.325 e. The fourth-order valence-corrected chi connectivity index (χ4v) is 2.01. The Morgan fingerprint density at radius 3 is 2.78 bits per heavy atom. The van der Waals surface area contributed by atoms with Crippen molar-refractivity contribution in [3.63, 3.8) is 0 Å². The minimum absolute atomic E-state index is 0.0574. The van der Waals surface area contributed by atoms with Crippen molar-refractivity contribution in [3.05, 3.63) is 48.3 Å². The van der Waals surface area contributed by atoms with Crippen LogP contribution in [0.15, 0.2) is 47.9 Å². The highest BCUT2D eigenvalue weighted by atomic mass is 32.2. The van der Waals surface area contributed by atoms with Crippen LogP contribution >= 0.6 is 11.8 Å². The second-order valence-corrected chi connectivity index (χ2v) is 4.68. The van der Waals surface area contributed by atoms with E-state index in [2.05, 4.69) is 15.3 Å². The van der Waals surface area contributed by atoms with Crippen molar-refractivity contribution in [1.82, 2.24) is 9.97 Å². The van der Waals surface area contributed by atoms with E-state index in [0.29, 0.717) is 10.9 Å². The van der Waals surface area contributed by atoms with Crippen LogP contribution in [0.25, 0.3) is 0 Å². The van der Waals surface area contributed by atoms with Crippen molar-refractivity contribution >= 4 is 23.4 Å². The molecular weight excluding hydrogens is 246 g/mol. The Morgan fingerprint density at radius 1 is 1.28 bits per heavy atom. The summed E-state index contributed by atoms with van der Waals surface area (Å²) in [4.78, 5) is 19.8. The van der Waals surface area contributed by atoms with Gasteiger partial charge in [-0.1, -0.05) is 23.9 Å². The lowest BCUT2D eigenvalue weighted by molar-refractivity contribution is -0.113. The number of nitrogens with one attached hydrogen (secondary N) is 1. The third kappa shape index (κ3) is 3.85. The lowest BCUT2D eigenvalue weighted by Gasteiger charge is -2.05. The van der Waals surface area contributed by atoms with Gasteiger partial charge in [-0.15, -0.1) is 0 Å². The van der Waals surface area contributed by atoms with Crippen LogP contribution in [0.4, 0.5) is 5.69 Å². The summed E-state index contributed by atoms with van der Waals surface area (Å²) in [6.45, 7) is 1.99. The van der Waals surface area contributed by atoms with E-state index in [1.165, 1.54) is 11.8 Å². The van der Waals surface area contributed by atoms with Crippen LogP contribution in [-0.4, -0.2) is 21.6 Å². The molecule has 2 aromatic rings. The van der Waals surface area contributed by atoms with Crippen molar-refractivity contribution < 1.29 is 4.79 Å². The van der Waals surface area contributed by atoms with Gasteiger partial charge in [0.1, 0.15) is 0 Å². The van der Waals surface area contributed by atoms with Gasteiger partial charge in [0.15, 0.2) is 5.16 Å². The predicted molar refractivity (Wildman–Crippen MR) is 72.6 cm³/mol. The molecule has 1 aromatic carbocycles. The first-order chi connectivity index (χ1) is 8.74. The van der Waals surface area contributed by atoms with E-state index in [0.717, 1.165) is 11.3 Å². The second kappa shape index (κ2) is 6.16. The van der Waals surface area contributed by atoms with Gasteiger partial charge in [-0.3, -0.25) is 4.79 Å². The van der Waals surface area contributed by atoms with Crippen molar-refractivity contribution in [2.75, 3.05) is 11.1 Å². The topological polar surface area (TPSA) is 54.9 Å². The van der Waals surface area contributed by atoms with Gasteiger partial charge in [0.05, 0.1) is 5.75 Å². The van der Waals surface area contributed by atoms with Crippen LogP contribution in [0.1, 0.15) is 5.56 Å². The third-order valence-electron chi connectivity index (χ3n) is 2.18. The standard InChI is InChI=1S/C13H13N3OS/c1-10-4-2-5-11(8-10)16-12(17)9-18-13-14-6-3-7-15-13/h2-8H,9H2,1H3,(H,16,17). The van der Waals surface area contributed by atoms with Crippen molar-refractivity contribution in [2.24, 2.45) is 0 Å². The molecule has 1 heterocycles. The van der Waals surface area contributed by atoms with Crippen LogP contribution in [0.3, 0.4) is 0 Å². The Hall–Kier alpha value is -1.88. The molecule has 2 rings (SSSR count). The van der Waals surface area contributed by atoms with Gasteiger partial charge in [0.2, 0.25) is 5.91 Å². The van der Waals surface area contributed by atoms with Crippen LogP contribution in [0.5, 0.6) is 0 Å². The zero-order valence-corrected chi connectivity index (χ0v) is 10.8. The highest BCUT2D eigenvalue weighted by molar-refractivity contribution is 7.99. The van der Waals surface area contributed by atoms with Gasteiger partial charge >= 0.3 is 0 Å². The van der Waals surface area contributed by atoms with Gasteiger partial charge in [-0.05, 0) is 30.7 Å². The number of hydrogen-bond acceptors (Lipinski definition) is 4.